The van der Waals surface area contributed by atoms with E-state index in [-0.39, 0.29) is 6.03 Å². The lowest BCUT2D eigenvalue weighted by Crippen LogP contribution is -2.51. The first-order valence-corrected chi connectivity index (χ1v) is 8.27. The summed E-state index contributed by atoms with van der Waals surface area (Å²) in [4.78, 5) is 16.8. The van der Waals surface area contributed by atoms with Crippen molar-refractivity contribution >= 4 is 11.7 Å². The van der Waals surface area contributed by atoms with Gasteiger partial charge in [-0.1, -0.05) is 0 Å². The van der Waals surface area contributed by atoms with E-state index in [4.69, 9.17) is 4.74 Å². The predicted octanol–water partition coefficient (Wildman–Crippen LogP) is 1.70. The molecule has 2 heterocycles. The molecule has 1 aromatic heterocycles. The number of nitrogens with one attached hydrogen (secondary N) is 1. The molecule has 0 aliphatic carbocycles. The lowest BCUT2D eigenvalue weighted by atomic mass is 10.2. The van der Waals surface area contributed by atoms with Crippen LogP contribution < -0.4 is 5.32 Å². The van der Waals surface area contributed by atoms with Gasteiger partial charge < -0.3 is 15.0 Å². The van der Waals surface area contributed by atoms with Crippen molar-refractivity contribution in [2.75, 3.05) is 45.2 Å². The van der Waals surface area contributed by atoms with E-state index in [1.165, 1.54) is 0 Å². The second-order valence-corrected chi connectivity index (χ2v) is 6.31. The fourth-order valence-corrected chi connectivity index (χ4v) is 2.90. The third kappa shape index (κ3) is 4.23. The number of aromatic nitrogens is 2. The summed E-state index contributed by atoms with van der Waals surface area (Å²) in [6.07, 6.45) is 0. The molecular weight excluding hydrogens is 294 g/mol. The van der Waals surface area contributed by atoms with E-state index in [0.717, 1.165) is 43.3 Å². The maximum atomic E-state index is 12.5. The van der Waals surface area contributed by atoms with Crippen molar-refractivity contribution < 1.29 is 9.53 Å². The monoisotopic (exact) mass is 323 g/mol. The van der Waals surface area contributed by atoms with Crippen molar-refractivity contribution in [2.24, 2.45) is 0 Å². The van der Waals surface area contributed by atoms with Crippen molar-refractivity contribution in [1.29, 1.82) is 0 Å². The molecule has 23 heavy (non-hydrogen) atoms. The minimum Gasteiger partial charge on any atom is -0.383 e. The summed E-state index contributed by atoms with van der Waals surface area (Å²) < 4.78 is 6.97. The number of carbonyl (C=O) groups is 1. The zero-order chi connectivity index (χ0) is 17.0. The van der Waals surface area contributed by atoms with Gasteiger partial charge in [0.1, 0.15) is 0 Å². The molecule has 7 nitrogen and oxygen atoms in total. The Balaban J connectivity index is 1.97. The zero-order valence-electron chi connectivity index (χ0n) is 14.9. The van der Waals surface area contributed by atoms with Gasteiger partial charge in [0.05, 0.1) is 30.2 Å². The number of piperazine rings is 1. The normalized spacial score (nSPS) is 16.2. The van der Waals surface area contributed by atoms with E-state index in [1.54, 1.807) is 7.11 Å². The Hall–Kier alpha value is -1.60. The van der Waals surface area contributed by atoms with Gasteiger partial charge in [0, 0.05) is 39.3 Å². The molecule has 7 heteroatoms. The van der Waals surface area contributed by atoms with Crippen LogP contribution in [-0.4, -0.2) is 71.5 Å². The van der Waals surface area contributed by atoms with E-state index in [1.807, 2.05) is 23.4 Å². The van der Waals surface area contributed by atoms with Gasteiger partial charge in [-0.3, -0.25) is 9.58 Å². The summed E-state index contributed by atoms with van der Waals surface area (Å²) in [5, 5.41) is 7.51. The third-order valence-electron chi connectivity index (χ3n) is 4.45. The maximum absolute atomic E-state index is 12.5. The molecular formula is C16H29N5O2. The molecule has 1 fully saturated rings. The summed E-state index contributed by atoms with van der Waals surface area (Å²) in [6.45, 7) is 12.9. The second-order valence-electron chi connectivity index (χ2n) is 6.31. The number of nitrogens with zero attached hydrogens (tertiary/aromatic N) is 4. The van der Waals surface area contributed by atoms with Crippen LogP contribution in [0.15, 0.2) is 0 Å². The Kier molecular flexibility index (Phi) is 6.01. The highest BCUT2D eigenvalue weighted by Crippen LogP contribution is 2.20. The molecule has 0 unspecified atom stereocenters. The van der Waals surface area contributed by atoms with E-state index in [0.29, 0.717) is 19.2 Å². The third-order valence-corrected chi connectivity index (χ3v) is 4.45. The molecule has 0 radical (unpaired) electrons. The van der Waals surface area contributed by atoms with Crippen molar-refractivity contribution in [1.82, 2.24) is 19.6 Å². The Bertz CT molecular complexity index is 533. The molecule has 1 N–H and O–H groups in total. The first-order valence-electron chi connectivity index (χ1n) is 8.27. The van der Waals surface area contributed by atoms with Gasteiger partial charge in [-0.05, 0) is 27.7 Å². The van der Waals surface area contributed by atoms with Crippen LogP contribution in [0, 0.1) is 13.8 Å². The van der Waals surface area contributed by atoms with Crippen LogP contribution >= 0.6 is 0 Å². The van der Waals surface area contributed by atoms with Crippen LogP contribution in [0.2, 0.25) is 0 Å². The van der Waals surface area contributed by atoms with Crippen LogP contribution in [0.25, 0.3) is 0 Å². The lowest BCUT2D eigenvalue weighted by Gasteiger charge is -2.36. The van der Waals surface area contributed by atoms with Crippen molar-refractivity contribution in [3.63, 3.8) is 0 Å². The molecule has 2 amide bonds. The molecule has 2 rings (SSSR count). The van der Waals surface area contributed by atoms with Crippen LogP contribution in [0.3, 0.4) is 0 Å². The van der Waals surface area contributed by atoms with Gasteiger partial charge in [-0.25, -0.2) is 4.79 Å². The second kappa shape index (κ2) is 7.79. The molecule has 0 bridgehead atoms. The number of ether oxygens (including phenoxy) is 1. The SMILES string of the molecule is COCCn1nc(C)c(NC(=O)N2CCN(C(C)C)CC2)c1C. The summed E-state index contributed by atoms with van der Waals surface area (Å²) in [5.41, 5.74) is 2.62. The van der Waals surface area contributed by atoms with Gasteiger partial charge in [-0.2, -0.15) is 5.10 Å². The fraction of sp³-hybridized carbons (Fsp3) is 0.750. The molecule has 0 spiro atoms. The van der Waals surface area contributed by atoms with Crippen molar-refractivity contribution in [2.45, 2.75) is 40.3 Å². The van der Waals surface area contributed by atoms with Crippen LogP contribution in [-0.2, 0) is 11.3 Å². The first-order chi connectivity index (χ1) is 10.9. The highest BCUT2D eigenvalue weighted by molar-refractivity contribution is 5.90. The molecule has 1 saturated heterocycles. The number of aryl methyl sites for hydroxylation is 1. The van der Waals surface area contributed by atoms with E-state index in [2.05, 4.69) is 29.2 Å². The van der Waals surface area contributed by atoms with E-state index in [9.17, 15) is 4.79 Å². The van der Waals surface area contributed by atoms with Crippen LogP contribution in [0.4, 0.5) is 10.5 Å². The number of urea groups is 1. The minimum absolute atomic E-state index is 0.0362. The van der Waals surface area contributed by atoms with Gasteiger partial charge in [0.15, 0.2) is 0 Å². The minimum atomic E-state index is -0.0362. The largest absolute Gasteiger partial charge is 0.383 e. The maximum Gasteiger partial charge on any atom is 0.322 e. The molecule has 0 atom stereocenters. The number of hydrogen-bond acceptors (Lipinski definition) is 4. The van der Waals surface area contributed by atoms with E-state index < -0.39 is 0 Å². The highest BCUT2D eigenvalue weighted by atomic mass is 16.5. The van der Waals surface area contributed by atoms with Gasteiger partial charge >= 0.3 is 6.03 Å². The Morgan fingerprint density at radius 3 is 2.48 bits per heavy atom. The Morgan fingerprint density at radius 2 is 1.91 bits per heavy atom. The van der Waals surface area contributed by atoms with Gasteiger partial charge in [0.25, 0.3) is 0 Å². The van der Waals surface area contributed by atoms with Crippen LogP contribution in [0.5, 0.6) is 0 Å². The molecule has 130 valence electrons. The highest BCUT2D eigenvalue weighted by Gasteiger charge is 2.24. The molecule has 1 aliphatic rings. The van der Waals surface area contributed by atoms with Gasteiger partial charge in [-0.15, -0.1) is 0 Å². The summed E-state index contributed by atoms with van der Waals surface area (Å²) >= 11 is 0. The van der Waals surface area contributed by atoms with Gasteiger partial charge in [0.2, 0.25) is 0 Å². The number of hydrogen-bond donors (Lipinski definition) is 1. The van der Waals surface area contributed by atoms with E-state index >= 15 is 0 Å². The molecule has 0 saturated carbocycles. The number of methoxy groups -OCH3 is 1. The van der Waals surface area contributed by atoms with Crippen LogP contribution in [0.1, 0.15) is 25.2 Å². The quantitative estimate of drug-likeness (QED) is 0.896. The molecule has 1 aliphatic heterocycles. The smallest absolute Gasteiger partial charge is 0.322 e. The number of anilines is 1. The lowest BCUT2D eigenvalue weighted by molar-refractivity contribution is 0.125. The average molecular weight is 323 g/mol. The predicted molar refractivity (Wildman–Crippen MR) is 90.9 cm³/mol. The zero-order valence-corrected chi connectivity index (χ0v) is 14.9. The number of amides is 2. The number of rotatable bonds is 5. The summed E-state index contributed by atoms with van der Waals surface area (Å²) in [6, 6.07) is 0.495. The molecule has 0 aromatic carbocycles. The Labute approximate surface area is 138 Å². The van der Waals surface area contributed by atoms with Crippen molar-refractivity contribution in [3.05, 3.63) is 11.4 Å². The summed E-state index contributed by atoms with van der Waals surface area (Å²) in [7, 11) is 1.67. The topological polar surface area (TPSA) is 62.6 Å². The fourth-order valence-electron chi connectivity index (χ4n) is 2.90. The number of carbonyl (C=O) groups excluding carboxylic acids is 1. The molecule has 1 aromatic rings. The first kappa shape index (κ1) is 17.7. The summed E-state index contributed by atoms with van der Waals surface area (Å²) in [5.74, 6) is 0. The standard InChI is InChI=1S/C16H29N5O2/c1-12(2)19-6-8-20(9-7-19)16(22)17-15-13(3)18-21(14(15)4)10-11-23-5/h12H,6-11H2,1-5H3,(H,17,22). The Morgan fingerprint density at radius 1 is 1.26 bits per heavy atom. The average Bonchev–Trinajstić information content (AvgIpc) is 2.80. The van der Waals surface area contributed by atoms with Crippen molar-refractivity contribution in [3.8, 4) is 0 Å².